The van der Waals surface area contributed by atoms with Crippen LogP contribution in [0, 0.1) is 5.92 Å². The van der Waals surface area contributed by atoms with Crippen LogP contribution >= 0.6 is 0 Å². The van der Waals surface area contributed by atoms with Crippen molar-refractivity contribution in [3.8, 4) is 0 Å². The zero-order valence-electron chi connectivity index (χ0n) is 12.8. The lowest BCUT2D eigenvalue weighted by Gasteiger charge is -2.33. The zero-order chi connectivity index (χ0) is 13.9. The summed E-state index contributed by atoms with van der Waals surface area (Å²) in [5, 5.41) is 3.54. The van der Waals surface area contributed by atoms with Crippen molar-refractivity contribution in [3.05, 3.63) is 35.4 Å². The molecule has 0 heterocycles. The van der Waals surface area contributed by atoms with Crippen molar-refractivity contribution in [2.75, 3.05) is 13.7 Å². The van der Waals surface area contributed by atoms with E-state index in [1.807, 2.05) is 0 Å². The van der Waals surface area contributed by atoms with E-state index in [0.29, 0.717) is 12.1 Å². The maximum Gasteiger partial charge on any atom is 0.0797 e. The quantitative estimate of drug-likeness (QED) is 0.810. The summed E-state index contributed by atoms with van der Waals surface area (Å²) in [5.41, 5.74) is 3.04. The van der Waals surface area contributed by atoms with Crippen molar-refractivity contribution in [1.29, 1.82) is 0 Å². The highest BCUT2D eigenvalue weighted by Crippen LogP contribution is 2.44. The third-order valence-electron chi connectivity index (χ3n) is 4.96. The Morgan fingerprint density at radius 1 is 1.20 bits per heavy atom. The third kappa shape index (κ3) is 2.77. The average Bonchev–Trinajstić information content (AvgIpc) is 3.23. The third-order valence-corrected chi connectivity index (χ3v) is 4.96. The van der Waals surface area contributed by atoms with Crippen molar-refractivity contribution in [3.63, 3.8) is 0 Å². The highest BCUT2D eigenvalue weighted by Gasteiger charge is 2.38. The number of hydrogen-bond donors (Lipinski definition) is 1. The Hall–Kier alpha value is -0.860. The van der Waals surface area contributed by atoms with Gasteiger partial charge >= 0.3 is 0 Å². The van der Waals surface area contributed by atoms with Gasteiger partial charge in [-0.15, -0.1) is 0 Å². The Morgan fingerprint density at radius 2 is 1.95 bits per heavy atom. The van der Waals surface area contributed by atoms with E-state index < -0.39 is 0 Å². The van der Waals surface area contributed by atoms with Crippen LogP contribution in [0.4, 0.5) is 0 Å². The van der Waals surface area contributed by atoms with Gasteiger partial charge in [-0.1, -0.05) is 30.7 Å². The van der Waals surface area contributed by atoms with Gasteiger partial charge in [-0.3, -0.25) is 0 Å². The minimum Gasteiger partial charge on any atom is -0.376 e. The van der Waals surface area contributed by atoms with Crippen LogP contribution in [0.3, 0.4) is 0 Å². The van der Waals surface area contributed by atoms with E-state index in [1.165, 1.54) is 37.7 Å². The molecule has 20 heavy (non-hydrogen) atoms. The molecule has 0 aliphatic heterocycles. The number of ether oxygens (including phenoxy) is 1. The molecule has 0 radical (unpaired) electrons. The molecule has 2 atom stereocenters. The van der Waals surface area contributed by atoms with Crippen molar-refractivity contribution >= 4 is 0 Å². The summed E-state index contributed by atoms with van der Waals surface area (Å²) in [6.07, 6.45) is 7.10. The molecular formula is C18H27NO. The first-order chi connectivity index (χ1) is 9.85. The van der Waals surface area contributed by atoms with Gasteiger partial charge in [0.2, 0.25) is 0 Å². The van der Waals surface area contributed by atoms with E-state index in [4.69, 9.17) is 4.74 Å². The molecule has 0 spiro atoms. The standard InChI is InChI=1S/C18H27NO/c1-3-20-18(14-11-12-14)17(19-2)16-10-5-4-9-15(16)13-7-6-8-13/h4-5,9-10,13-14,17-19H,3,6-8,11-12H2,1-2H3. The SMILES string of the molecule is CCOC(C1CC1)C(NC)c1ccccc1C1CCC1. The van der Waals surface area contributed by atoms with E-state index >= 15 is 0 Å². The molecule has 1 N–H and O–H groups in total. The smallest absolute Gasteiger partial charge is 0.0797 e. The molecule has 0 amide bonds. The van der Waals surface area contributed by atoms with Gasteiger partial charge in [0.05, 0.1) is 12.1 Å². The largest absolute Gasteiger partial charge is 0.376 e. The first-order valence-corrected chi connectivity index (χ1v) is 8.22. The average molecular weight is 273 g/mol. The van der Waals surface area contributed by atoms with Gasteiger partial charge in [0, 0.05) is 6.61 Å². The normalized spacial score (nSPS) is 22.3. The lowest BCUT2D eigenvalue weighted by Crippen LogP contribution is -2.34. The van der Waals surface area contributed by atoms with Gasteiger partial charge in [-0.05, 0) is 62.6 Å². The first kappa shape index (κ1) is 14.1. The second-order valence-corrected chi connectivity index (χ2v) is 6.28. The monoisotopic (exact) mass is 273 g/mol. The minimum absolute atomic E-state index is 0.339. The number of nitrogens with one attached hydrogen (secondary N) is 1. The molecule has 1 aromatic carbocycles. The molecule has 2 heteroatoms. The van der Waals surface area contributed by atoms with Crippen LogP contribution in [-0.2, 0) is 4.74 Å². The van der Waals surface area contributed by atoms with Gasteiger partial charge in [-0.25, -0.2) is 0 Å². The van der Waals surface area contributed by atoms with Gasteiger partial charge in [0.15, 0.2) is 0 Å². The molecule has 1 aromatic rings. The Labute approximate surface area is 122 Å². The van der Waals surface area contributed by atoms with E-state index in [9.17, 15) is 0 Å². The Morgan fingerprint density at radius 3 is 2.50 bits per heavy atom. The zero-order valence-corrected chi connectivity index (χ0v) is 12.8. The second kappa shape index (κ2) is 6.28. The lowest BCUT2D eigenvalue weighted by atomic mass is 9.76. The summed E-state index contributed by atoms with van der Waals surface area (Å²) in [4.78, 5) is 0. The lowest BCUT2D eigenvalue weighted by molar-refractivity contribution is 0.0201. The molecule has 2 fully saturated rings. The summed E-state index contributed by atoms with van der Waals surface area (Å²) in [6, 6.07) is 9.36. The van der Waals surface area contributed by atoms with E-state index in [-0.39, 0.29) is 0 Å². The summed E-state index contributed by atoms with van der Waals surface area (Å²) in [6.45, 7) is 2.92. The Kier molecular flexibility index (Phi) is 4.42. The molecule has 0 saturated heterocycles. The molecule has 2 unspecified atom stereocenters. The van der Waals surface area contributed by atoms with Crippen LogP contribution < -0.4 is 5.32 Å². The number of rotatable bonds is 7. The summed E-state index contributed by atoms with van der Waals surface area (Å²) in [5.74, 6) is 1.53. The predicted octanol–water partition coefficient (Wildman–Crippen LogP) is 4.03. The van der Waals surface area contributed by atoms with Gasteiger partial charge < -0.3 is 10.1 Å². The van der Waals surface area contributed by atoms with Crippen LogP contribution in [0.1, 0.15) is 62.1 Å². The van der Waals surface area contributed by atoms with Crippen LogP contribution in [-0.4, -0.2) is 19.8 Å². The molecule has 2 aliphatic carbocycles. The molecule has 2 aliphatic rings. The van der Waals surface area contributed by atoms with E-state index in [2.05, 4.69) is 43.6 Å². The molecule has 0 bridgehead atoms. The molecule has 2 saturated carbocycles. The molecule has 3 rings (SSSR count). The van der Waals surface area contributed by atoms with Gasteiger partial charge in [-0.2, -0.15) is 0 Å². The van der Waals surface area contributed by atoms with Crippen LogP contribution in [0.5, 0.6) is 0 Å². The van der Waals surface area contributed by atoms with Gasteiger partial charge in [0.1, 0.15) is 0 Å². The Bertz CT molecular complexity index is 437. The fraction of sp³-hybridized carbons (Fsp3) is 0.667. The predicted molar refractivity (Wildman–Crippen MR) is 83.0 cm³/mol. The van der Waals surface area contributed by atoms with Crippen LogP contribution in [0.25, 0.3) is 0 Å². The second-order valence-electron chi connectivity index (χ2n) is 6.28. The number of hydrogen-bond acceptors (Lipinski definition) is 2. The fourth-order valence-corrected chi connectivity index (χ4v) is 3.50. The summed E-state index contributed by atoms with van der Waals surface area (Å²) in [7, 11) is 2.08. The van der Waals surface area contributed by atoms with E-state index in [0.717, 1.165) is 18.4 Å². The van der Waals surface area contributed by atoms with Crippen LogP contribution in [0.15, 0.2) is 24.3 Å². The summed E-state index contributed by atoms with van der Waals surface area (Å²) < 4.78 is 6.10. The van der Waals surface area contributed by atoms with Crippen LogP contribution in [0.2, 0.25) is 0 Å². The number of likely N-dealkylation sites (N-methyl/N-ethyl adjacent to an activating group) is 1. The number of benzene rings is 1. The molecule has 2 nitrogen and oxygen atoms in total. The highest BCUT2D eigenvalue weighted by atomic mass is 16.5. The minimum atomic E-state index is 0.339. The highest BCUT2D eigenvalue weighted by molar-refractivity contribution is 5.35. The topological polar surface area (TPSA) is 21.3 Å². The molecule has 0 aromatic heterocycles. The maximum absolute atomic E-state index is 6.10. The van der Waals surface area contributed by atoms with Gasteiger partial charge in [0.25, 0.3) is 0 Å². The maximum atomic E-state index is 6.10. The first-order valence-electron chi connectivity index (χ1n) is 8.22. The Balaban J connectivity index is 1.87. The van der Waals surface area contributed by atoms with Crippen molar-refractivity contribution < 1.29 is 4.74 Å². The van der Waals surface area contributed by atoms with Crippen molar-refractivity contribution in [2.24, 2.45) is 5.92 Å². The van der Waals surface area contributed by atoms with Crippen molar-refractivity contribution in [2.45, 2.75) is 57.1 Å². The molecular weight excluding hydrogens is 246 g/mol. The fourth-order valence-electron chi connectivity index (χ4n) is 3.50. The molecule has 110 valence electrons. The summed E-state index contributed by atoms with van der Waals surface area (Å²) >= 11 is 0. The van der Waals surface area contributed by atoms with E-state index in [1.54, 1.807) is 5.56 Å². The van der Waals surface area contributed by atoms with Crippen molar-refractivity contribution in [1.82, 2.24) is 5.32 Å².